The summed E-state index contributed by atoms with van der Waals surface area (Å²) in [5.74, 6) is 0.163. The molecule has 1 aromatic rings. The Balaban J connectivity index is 2.99. The number of rotatable bonds is 3. The van der Waals surface area contributed by atoms with E-state index in [0.717, 1.165) is 5.56 Å². The van der Waals surface area contributed by atoms with Crippen LogP contribution < -0.4 is 4.74 Å². The molecule has 0 aliphatic heterocycles. The number of benzene rings is 1. The van der Waals surface area contributed by atoms with Crippen LogP contribution in [0.3, 0.4) is 0 Å². The molecule has 0 fully saturated rings. The average Bonchev–Trinajstić information content (AvgIpc) is 2.07. The molecule has 13 heavy (non-hydrogen) atoms. The van der Waals surface area contributed by atoms with Crippen molar-refractivity contribution in [3.05, 3.63) is 35.9 Å². The standard InChI is InChI=1S/C10H10F2O/c1-3-8-6-7(2)4-5-9(8)13-10(11)12/h3-6,10H,1H2,2H3. The van der Waals surface area contributed by atoms with Crippen LogP contribution in [0.2, 0.25) is 0 Å². The molecule has 0 N–H and O–H groups in total. The first-order valence-electron chi connectivity index (χ1n) is 3.81. The molecule has 70 valence electrons. The molecule has 1 aromatic carbocycles. The molecule has 0 amide bonds. The summed E-state index contributed by atoms with van der Waals surface area (Å²) >= 11 is 0. The lowest BCUT2D eigenvalue weighted by Gasteiger charge is -2.08. The van der Waals surface area contributed by atoms with Crippen molar-refractivity contribution in [1.82, 2.24) is 0 Å². The molecular weight excluding hydrogens is 174 g/mol. The molecule has 0 aliphatic rings. The van der Waals surface area contributed by atoms with Gasteiger partial charge >= 0.3 is 6.61 Å². The van der Waals surface area contributed by atoms with Gasteiger partial charge in [0, 0.05) is 5.56 Å². The first kappa shape index (κ1) is 9.71. The first-order chi connectivity index (χ1) is 6.13. The third kappa shape index (κ3) is 2.54. The molecule has 1 rings (SSSR count). The third-order valence-corrected chi connectivity index (χ3v) is 1.60. The maximum Gasteiger partial charge on any atom is 0.387 e. The number of ether oxygens (including phenoxy) is 1. The van der Waals surface area contributed by atoms with Crippen molar-refractivity contribution in [2.75, 3.05) is 0 Å². The quantitative estimate of drug-likeness (QED) is 0.700. The maximum atomic E-state index is 11.9. The Kier molecular flexibility index (Phi) is 3.01. The SMILES string of the molecule is C=Cc1cc(C)ccc1OC(F)F. The van der Waals surface area contributed by atoms with Gasteiger partial charge < -0.3 is 4.74 Å². The number of alkyl halides is 2. The van der Waals surface area contributed by atoms with E-state index in [1.807, 2.05) is 6.92 Å². The highest BCUT2D eigenvalue weighted by molar-refractivity contribution is 5.56. The molecule has 0 saturated heterocycles. The summed E-state index contributed by atoms with van der Waals surface area (Å²) in [6.45, 7) is 2.60. The van der Waals surface area contributed by atoms with E-state index < -0.39 is 6.61 Å². The van der Waals surface area contributed by atoms with Gasteiger partial charge in [-0.2, -0.15) is 8.78 Å². The minimum atomic E-state index is -2.79. The predicted molar refractivity (Wildman–Crippen MR) is 47.9 cm³/mol. The van der Waals surface area contributed by atoms with Crippen LogP contribution in [0.1, 0.15) is 11.1 Å². The Hall–Kier alpha value is -1.38. The zero-order chi connectivity index (χ0) is 9.84. The molecule has 0 aliphatic carbocycles. The van der Waals surface area contributed by atoms with Gasteiger partial charge in [-0.25, -0.2) is 0 Å². The Bertz CT molecular complexity index is 308. The number of hydrogen-bond donors (Lipinski definition) is 0. The predicted octanol–water partition coefficient (Wildman–Crippen LogP) is 3.24. The van der Waals surface area contributed by atoms with Crippen LogP contribution in [-0.4, -0.2) is 6.61 Å². The molecule has 0 bridgehead atoms. The van der Waals surface area contributed by atoms with Crippen LogP contribution in [0.25, 0.3) is 6.08 Å². The van der Waals surface area contributed by atoms with Gasteiger partial charge in [-0.3, -0.25) is 0 Å². The molecule has 0 unspecified atom stereocenters. The Morgan fingerprint density at radius 1 is 1.46 bits per heavy atom. The topological polar surface area (TPSA) is 9.23 Å². The van der Waals surface area contributed by atoms with E-state index in [1.165, 1.54) is 12.1 Å². The van der Waals surface area contributed by atoms with Crippen molar-refractivity contribution in [1.29, 1.82) is 0 Å². The van der Waals surface area contributed by atoms with E-state index in [0.29, 0.717) is 5.56 Å². The minimum Gasteiger partial charge on any atom is -0.434 e. The fourth-order valence-corrected chi connectivity index (χ4v) is 1.03. The molecule has 3 heteroatoms. The van der Waals surface area contributed by atoms with Crippen LogP contribution in [0.4, 0.5) is 8.78 Å². The molecule has 0 atom stereocenters. The monoisotopic (exact) mass is 184 g/mol. The Morgan fingerprint density at radius 2 is 2.15 bits per heavy atom. The lowest BCUT2D eigenvalue weighted by Crippen LogP contribution is -2.03. The summed E-state index contributed by atoms with van der Waals surface area (Å²) in [6, 6.07) is 4.97. The van der Waals surface area contributed by atoms with Gasteiger partial charge in [0.2, 0.25) is 0 Å². The van der Waals surface area contributed by atoms with Crippen molar-refractivity contribution in [3.8, 4) is 5.75 Å². The number of halogens is 2. The van der Waals surface area contributed by atoms with E-state index in [1.54, 1.807) is 12.1 Å². The average molecular weight is 184 g/mol. The highest BCUT2D eigenvalue weighted by atomic mass is 19.3. The number of aryl methyl sites for hydroxylation is 1. The molecule has 0 spiro atoms. The summed E-state index contributed by atoms with van der Waals surface area (Å²) in [5, 5.41) is 0. The van der Waals surface area contributed by atoms with Crippen molar-refractivity contribution in [3.63, 3.8) is 0 Å². The van der Waals surface area contributed by atoms with Crippen LogP contribution in [0.15, 0.2) is 24.8 Å². The van der Waals surface area contributed by atoms with E-state index in [9.17, 15) is 8.78 Å². The second-order valence-electron chi connectivity index (χ2n) is 2.62. The fourth-order valence-electron chi connectivity index (χ4n) is 1.03. The highest BCUT2D eigenvalue weighted by Gasteiger charge is 2.07. The van der Waals surface area contributed by atoms with Gasteiger partial charge in [0.25, 0.3) is 0 Å². The fraction of sp³-hybridized carbons (Fsp3) is 0.200. The summed E-state index contributed by atoms with van der Waals surface area (Å²) in [6.07, 6.45) is 1.49. The summed E-state index contributed by atoms with van der Waals surface area (Å²) in [4.78, 5) is 0. The van der Waals surface area contributed by atoms with Gasteiger partial charge in [0.1, 0.15) is 5.75 Å². The van der Waals surface area contributed by atoms with Crippen molar-refractivity contribution >= 4 is 6.08 Å². The van der Waals surface area contributed by atoms with Crippen molar-refractivity contribution in [2.24, 2.45) is 0 Å². The summed E-state index contributed by atoms with van der Waals surface area (Å²) in [5.41, 5.74) is 1.57. The molecule has 1 nitrogen and oxygen atoms in total. The largest absolute Gasteiger partial charge is 0.434 e. The lowest BCUT2D eigenvalue weighted by atomic mass is 10.1. The summed E-state index contributed by atoms with van der Waals surface area (Å²) < 4.78 is 28.0. The minimum absolute atomic E-state index is 0.163. The highest BCUT2D eigenvalue weighted by Crippen LogP contribution is 2.22. The van der Waals surface area contributed by atoms with Crippen molar-refractivity contribution in [2.45, 2.75) is 13.5 Å². The van der Waals surface area contributed by atoms with E-state index in [2.05, 4.69) is 11.3 Å². The zero-order valence-electron chi connectivity index (χ0n) is 7.26. The Morgan fingerprint density at radius 3 is 2.69 bits per heavy atom. The molecule has 0 radical (unpaired) electrons. The zero-order valence-corrected chi connectivity index (χ0v) is 7.26. The third-order valence-electron chi connectivity index (χ3n) is 1.60. The van der Waals surface area contributed by atoms with Gasteiger partial charge in [-0.1, -0.05) is 24.3 Å². The summed E-state index contributed by atoms with van der Waals surface area (Å²) in [7, 11) is 0. The van der Waals surface area contributed by atoms with Gasteiger partial charge in [0.15, 0.2) is 0 Å². The second kappa shape index (κ2) is 4.03. The van der Waals surface area contributed by atoms with Crippen LogP contribution >= 0.6 is 0 Å². The Labute approximate surface area is 75.6 Å². The van der Waals surface area contributed by atoms with E-state index in [4.69, 9.17) is 0 Å². The van der Waals surface area contributed by atoms with E-state index in [-0.39, 0.29) is 5.75 Å². The first-order valence-corrected chi connectivity index (χ1v) is 3.81. The van der Waals surface area contributed by atoms with Crippen LogP contribution in [-0.2, 0) is 0 Å². The molecule has 0 saturated carbocycles. The van der Waals surface area contributed by atoms with Gasteiger partial charge in [-0.05, 0) is 19.1 Å². The second-order valence-corrected chi connectivity index (χ2v) is 2.62. The normalized spacial score (nSPS) is 10.2. The molecular formula is C10H10F2O. The van der Waals surface area contributed by atoms with Crippen LogP contribution in [0, 0.1) is 6.92 Å². The molecule has 0 heterocycles. The van der Waals surface area contributed by atoms with E-state index >= 15 is 0 Å². The molecule has 0 aromatic heterocycles. The van der Waals surface area contributed by atoms with Crippen molar-refractivity contribution < 1.29 is 13.5 Å². The maximum absolute atomic E-state index is 11.9. The van der Waals surface area contributed by atoms with Gasteiger partial charge in [0.05, 0.1) is 0 Å². The smallest absolute Gasteiger partial charge is 0.387 e. The van der Waals surface area contributed by atoms with Crippen LogP contribution in [0.5, 0.6) is 5.75 Å². The van der Waals surface area contributed by atoms with Gasteiger partial charge in [-0.15, -0.1) is 0 Å². The number of hydrogen-bond acceptors (Lipinski definition) is 1. The lowest BCUT2D eigenvalue weighted by molar-refractivity contribution is -0.0499.